The first kappa shape index (κ1) is 15.2. The van der Waals surface area contributed by atoms with E-state index in [0.717, 1.165) is 31.7 Å². The van der Waals surface area contributed by atoms with Crippen LogP contribution in [-0.2, 0) is 0 Å². The molecule has 0 bridgehead atoms. The van der Waals surface area contributed by atoms with E-state index >= 15 is 0 Å². The zero-order valence-corrected chi connectivity index (χ0v) is 13.2. The summed E-state index contributed by atoms with van der Waals surface area (Å²) in [4.78, 5) is 18.8. The number of thioether (sulfide) groups is 1. The Kier molecular flexibility index (Phi) is 5.29. The molecule has 1 aromatic rings. The van der Waals surface area contributed by atoms with Gasteiger partial charge in [0, 0.05) is 42.5 Å². The van der Waals surface area contributed by atoms with E-state index < -0.39 is 0 Å². The fourth-order valence-corrected chi connectivity index (χ4v) is 3.82. The fraction of sp³-hybridized carbons (Fsp3) is 0.600. The van der Waals surface area contributed by atoms with Gasteiger partial charge in [-0.2, -0.15) is 11.8 Å². The Morgan fingerprint density at radius 2 is 2.15 bits per heavy atom. The molecular weight excluding hydrogens is 270 g/mol. The molecule has 0 aromatic carbocycles. The van der Waals surface area contributed by atoms with E-state index in [1.54, 1.807) is 12.4 Å². The number of hydrogen-bond acceptors (Lipinski definition) is 4. The number of carbonyl (C=O) groups excluding carboxylic acids is 1. The van der Waals surface area contributed by atoms with Crippen molar-refractivity contribution in [3.63, 3.8) is 0 Å². The summed E-state index contributed by atoms with van der Waals surface area (Å²) in [6.45, 7) is 8.97. The summed E-state index contributed by atoms with van der Waals surface area (Å²) in [6.07, 6.45) is 4.44. The summed E-state index contributed by atoms with van der Waals surface area (Å²) < 4.78 is 0. The molecule has 2 rings (SSSR count). The van der Waals surface area contributed by atoms with Crippen LogP contribution < -0.4 is 5.32 Å². The van der Waals surface area contributed by atoms with Crippen molar-refractivity contribution < 1.29 is 4.79 Å². The van der Waals surface area contributed by atoms with Gasteiger partial charge < -0.3 is 10.2 Å². The van der Waals surface area contributed by atoms with Crippen LogP contribution in [0.3, 0.4) is 0 Å². The summed E-state index contributed by atoms with van der Waals surface area (Å²) in [5.74, 6) is 0.0932. The Morgan fingerprint density at radius 1 is 1.45 bits per heavy atom. The molecule has 1 aliphatic rings. The number of nitrogens with one attached hydrogen (secondary N) is 1. The van der Waals surface area contributed by atoms with Crippen LogP contribution in [0, 0.1) is 0 Å². The normalized spacial score (nSPS) is 22.6. The lowest BCUT2D eigenvalue weighted by molar-refractivity contribution is 0.0754. The van der Waals surface area contributed by atoms with Crippen molar-refractivity contribution >= 4 is 23.4 Å². The minimum Gasteiger partial charge on any atom is -0.384 e. The molecule has 1 amide bonds. The molecule has 0 spiro atoms. The van der Waals surface area contributed by atoms with Gasteiger partial charge in [0.1, 0.15) is 0 Å². The van der Waals surface area contributed by atoms with Crippen molar-refractivity contribution in [3.8, 4) is 0 Å². The van der Waals surface area contributed by atoms with Crippen molar-refractivity contribution in [1.82, 2.24) is 9.88 Å². The molecule has 2 atom stereocenters. The molecule has 0 saturated carbocycles. The van der Waals surface area contributed by atoms with Crippen LogP contribution in [0.4, 0.5) is 5.69 Å². The van der Waals surface area contributed by atoms with Crippen molar-refractivity contribution in [3.05, 3.63) is 24.0 Å². The minimum absolute atomic E-state index is 0.0932. The maximum Gasteiger partial charge on any atom is 0.257 e. The Balaban J connectivity index is 2.15. The zero-order chi connectivity index (χ0) is 14.5. The summed E-state index contributed by atoms with van der Waals surface area (Å²) in [5.41, 5.74) is 1.58. The largest absolute Gasteiger partial charge is 0.384 e. The van der Waals surface area contributed by atoms with Crippen LogP contribution in [0.5, 0.6) is 0 Å². The lowest BCUT2D eigenvalue weighted by Crippen LogP contribution is -2.44. The van der Waals surface area contributed by atoms with Gasteiger partial charge in [0.05, 0.1) is 11.3 Å². The maximum atomic E-state index is 12.7. The predicted molar refractivity (Wildman–Crippen MR) is 85.4 cm³/mol. The highest BCUT2D eigenvalue weighted by Crippen LogP contribution is 2.26. The SMILES string of the molecule is CCCNc1ccncc1C(=O)N1CC(C)SC(C)C1. The van der Waals surface area contributed by atoms with E-state index in [-0.39, 0.29) is 5.91 Å². The molecule has 1 N–H and O–H groups in total. The first-order chi connectivity index (χ1) is 9.61. The molecule has 1 aliphatic heterocycles. The number of hydrogen-bond donors (Lipinski definition) is 1. The van der Waals surface area contributed by atoms with E-state index in [1.165, 1.54) is 0 Å². The zero-order valence-electron chi connectivity index (χ0n) is 12.4. The summed E-state index contributed by atoms with van der Waals surface area (Å²) >= 11 is 1.95. The molecule has 20 heavy (non-hydrogen) atoms. The smallest absolute Gasteiger partial charge is 0.257 e. The van der Waals surface area contributed by atoms with Crippen LogP contribution in [0.1, 0.15) is 37.6 Å². The molecule has 0 aliphatic carbocycles. The van der Waals surface area contributed by atoms with Gasteiger partial charge in [0.2, 0.25) is 0 Å². The standard InChI is InChI=1S/C15H23N3OS/c1-4-6-17-14-5-7-16-8-13(14)15(19)18-9-11(2)20-12(3)10-18/h5,7-8,11-12H,4,6,9-10H2,1-3H3,(H,16,17). The first-order valence-corrected chi connectivity index (χ1v) is 8.18. The summed E-state index contributed by atoms with van der Waals surface area (Å²) in [6, 6.07) is 1.88. The lowest BCUT2D eigenvalue weighted by atomic mass is 10.2. The van der Waals surface area contributed by atoms with Crippen LogP contribution >= 0.6 is 11.8 Å². The molecule has 5 heteroatoms. The second-order valence-electron chi connectivity index (χ2n) is 5.32. The molecule has 1 fully saturated rings. The van der Waals surface area contributed by atoms with Crippen LogP contribution in [0.25, 0.3) is 0 Å². The number of pyridine rings is 1. The number of carbonyl (C=O) groups is 1. The predicted octanol–water partition coefficient (Wildman–Crippen LogP) is 2.87. The van der Waals surface area contributed by atoms with Crippen LogP contribution in [0.15, 0.2) is 18.5 Å². The van der Waals surface area contributed by atoms with Gasteiger partial charge in [0.25, 0.3) is 5.91 Å². The Bertz CT molecular complexity index is 456. The van der Waals surface area contributed by atoms with Crippen LogP contribution in [0.2, 0.25) is 0 Å². The van der Waals surface area contributed by atoms with Gasteiger partial charge in [-0.3, -0.25) is 9.78 Å². The van der Waals surface area contributed by atoms with Gasteiger partial charge in [-0.05, 0) is 12.5 Å². The molecule has 2 unspecified atom stereocenters. The van der Waals surface area contributed by atoms with E-state index in [9.17, 15) is 4.79 Å². The molecule has 1 aromatic heterocycles. The Morgan fingerprint density at radius 3 is 2.80 bits per heavy atom. The third kappa shape index (κ3) is 3.66. The molecular formula is C15H23N3OS. The topological polar surface area (TPSA) is 45.2 Å². The minimum atomic E-state index is 0.0932. The van der Waals surface area contributed by atoms with Gasteiger partial charge in [-0.15, -0.1) is 0 Å². The number of amides is 1. The van der Waals surface area contributed by atoms with E-state index in [2.05, 4.69) is 31.1 Å². The summed E-state index contributed by atoms with van der Waals surface area (Å²) in [7, 11) is 0. The van der Waals surface area contributed by atoms with E-state index in [1.807, 2.05) is 22.7 Å². The molecule has 1 saturated heterocycles. The monoisotopic (exact) mass is 293 g/mol. The highest BCUT2D eigenvalue weighted by Gasteiger charge is 2.27. The number of aromatic nitrogens is 1. The molecule has 4 nitrogen and oxygen atoms in total. The van der Waals surface area contributed by atoms with Gasteiger partial charge >= 0.3 is 0 Å². The second kappa shape index (κ2) is 6.97. The van der Waals surface area contributed by atoms with Gasteiger partial charge in [-0.1, -0.05) is 20.8 Å². The number of nitrogens with zero attached hydrogens (tertiary/aromatic N) is 2. The van der Waals surface area contributed by atoms with Crippen LogP contribution in [-0.4, -0.2) is 45.9 Å². The summed E-state index contributed by atoms with van der Waals surface area (Å²) in [5, 5.41) is 4.30. The highest BCUT2D eigenvalue weighted by atomic mass is 32.2. The Hall–Kier alpha value is -1.23. The Labute approximate surface area is 125 Å². The van der Waals surface area contributed by atoms with Crippen molar-refractivity contribution in [2.24, 2.45) is 0 Å². The maximum absolute atomic E-state index is 12.7. The third-order valence-electron chi connectivity index (χ3n) is 3.32. The average molecular weight is 293 g/mol. The third-order valence-corrected chi connectivity index (χ3v) is 4.55. The molecule has 2 heterocycles. The van der Waals surface area contributed by atoms with E-state index in [4.69, 9.17) is 0 Å². The van der Waals surface area contributed by atoms with Gasteiger partial charge in [0.15, 0.2) is 0 Å². The lowest BCUT2D eigenvalue weighted by Gasteiger charge is -2.34. The quantitative estimate of drug-likeness (QED) is 0.927. The van der Waals surface area contributed by atoms with E-state index in [0.29, 0.717) is 16.1 Å². The number of rotatable bonds is 4. The fourth-order valence-electron chi connectivity index (χ4n) is 2.49. The van der Waals surface area contributed by atoms with Crippen molar-refractivity contribution in [2.45, 2.75) is 37.7 Å². The highest BCUT2D eigenvalue weighted by molar-refractivity contribution is 8.00. The number of anilines is 1. The van der Waals surface area contributed by atoms with Crippen molar-refractivity contribution in [2.75, 3.05) is 25.0 Å². The first-order valence-electron chi connectivity index (χ1n) is 7.24. The van der Waals surface area contributed by atoms with Crippen molar-refractivity contribution in [1.29, 1.82) is 0 Å². The van der Waals surface area contributed by atoms with Gasteiger partial charge in [-0.25, -0.2) is 0 Å². The average Bonchev–Trinajstić information content (AvgIpc) is 2.43. The second-order valence-corrected chi connectivity index (χ2v) is 7.20. The molecule has 110 valence electrons. The molecule has 0 radical (unpaired) electrons.